The Balaban J connectivity index is 1.70. The highest BCUT2D eigenvalue weighted by Gasteiger charge is 2.18. The molecule has 0 aliphatic carbocycles. The third-order valence-electron chi connectivity index (χ3n) is 5.26. The van der Waals surface area contributed by atoms with Gasteiger partial charge in [0.1, 0.15) is 4.83 Å². The van der Waals surface area contributed by atoms with Crippen molar-refractivity contribution in [3.63, 3.8) is 0 Å². The number of hydrogen-bond acceptors (Lipinski definition) is 2. The molecule has 0 saturated heterocycles. The van der Waals surface area contributed by atoms with Crippen LogP contribution in [0.5, 0.6) is 0 Å². The molecule has 6 rings (SSSR count). The summed E-state index contributed by atoms with van der Waals surface area (Å²) < 4.78 is 3.66. The van der Waals surface area contributed by atoms with Crippen molar-refractivity contribution in [2.45, 2.75) is 0 Å². The van der Waals surface area contributed by atoms with Crippen molar-refractivity contribution in [3.05, 3.63) is 97.2 Å². The number of thiophene rings is 1. The standard InChI is InChI=1S/C25H16N2S/c1-2-8-17(9-3-1)18-10-6-11-19(16-18)27-21-13-7-15-26-24(21)23-20-12-4-5-14-22(20)28-25(23)27/h1-16H. The van der Waals surface area contributed by atoms with Crippen molar-refractivity contribution in [2.75, 3.05) is 0 Å². The van der Waals surface area contributed by atoms with Gasteiger partial charge < -0.3 is 0 Å². The van der Waals surface area contributed by atoms with Crippen molar-refractivity contribution >= 4 is 42.7 Å². The van der Waals surface area contributed by atoms with Gasteiger partial charge in [0.2, 0.25) is 0 Å². The first-order valence-corrected chi connectivity index (χ1v) is 10.1. The molecule has 2 nitrogen and oxygen atoms in total. The van der Waals surface area contributed by atoms with E-state index in [1.165, 1.54) is 37.1 Å². The van der Waals surface area contributed by atoms with Gasteiger partial charge in [0.05, 0.1) is 11.0 Å². The molecule has 0 radical (unpaired) electrons. The van der Waals surface area contributed by atoms with E-state index in [-0.39, 0.29) is 0 Å². The highest BCUT2D eigenvalue weighted by Crippen LogP contribution is 2.41. The number of nitrogens with zero attached hydrogens (tertiary/aromatic N) is 2. The molecule has 0 N–H and O–H groups in total. The zero-order valence-corrected chi connectivity index (χ0v) is 15.9. The van der Waals surface area contributed by atoms with Crippen LogP contribution < -0.4 is 0 Å². The zero-order chi connectivity index (χ0) is 18.5. The van der Waals surface area contributed by atoms with E-state index in [0.29, 0.717) is 0 Å². The summed E-state index contributed by atoms with van der Waals surface area (Å²) in [4.78, 5) is 5.99. The zero-order valence-electron chi connectivity index (χ0n) is 15.0. The summed E-state index contributed by atoms with van der Waals surface area (Å²) in [5.74, 6) is 0. The van der Waals surface area contributed by atoms with E-state index in [4.69, 9.17) is 4.98 Å². The summed E-state index contributed by atoms with van der Waals surface area (Å²) in [6.45, 7) is 0. The fourth-order valence-corrected chi connectivity index (χ4v) is 5.25. The minimum atomic E-state index is 1.07. The number of rotatable bonds is 2. The molecule has 0 bridgehead atoms. The van der Waals surface area contributed by atoms with Crippen LogP contribution >= 0.6 is 11.3 Å². The Morgan fingerprint density at radius 3 is 2.46 bits per heavy atom. The maximum absolute atomic E-state index is 4.74. The molecule has 0 spiro atoms. The SMILES string of the molecule is c1ccc(-c2cccc(-n3c4cccnc4c4c5ccccc5sc43)c2)cc1. The van der Waals surface area contributed by atoms with Gasteiger partial charge in [0.25, 0.3) is 0 Å². The Morgan fingerprint density at radius 2 is 1.54 bits per heavy atom. The molecule has 0 fully saturated rings. The molecule has 28 heavy (non-hydrogen) atoms. The number of aromatic nitrogens is 2. The van der Waals surface area contributed by atoms with Gasteiger partial charge in [-0.3, -0.25) is 9.55 Å². The summed E-state index contributed by atoms with van der Waals surface area (Å²) in [7, 11) is 0. The molecular weight excluding hydrogens is 360 g/mol. The van der Waals surface area contributed by atoms with E-state index < -0.39 is 0 Å². The second-order valence-electron chi connectivity index (χ2n) is 6.90. The lowest BCUT2D eigenvalue weighted by molar-refractivity contribution is 1.19. The summed E-state index contributed by atoms with van der Waals surface area (Å²) in [5, 5.41) is 2.53. The lowest BCUT2D eigenvalue weighted by Gasteiger charge is -2.09. The maximum atomic E-state index is 4.74. The van der Waals surface area contributed by atoms with Crippen molar-refractivity contribution < 1.29 is 0 Å². The average Bonchev–Trinajstić information content (AvgIpc) is 3.29. The molecule has 0 aliphatic heterocycles. The molecule has 0 aliphatic rings. The highest BCUT2D eigenvalue weighted by molar-refractivity contribution is 7.25. The van der Waals surface area contributed by atoms with Crippen LogP contribution in [-0.4, -0.2) is 9.55 Å². The van der Waals surface area contributed by atoms with Gasteiger partial charge >= 0.3 is 0 Å². The minimum absolute atomic E-state index is 1.07. The number of pyridine rings is 1. The number of hydrogen-bond donors (Lipinski definition) is 0. The van der Waals surface area contributed by atoms with Crippen LogP contribution in [0, 0.1) is 0 Å². The van der Waals surface area contributed by atoms with Crippen LogP contribution in [0.4, 0.5) is 0 Å². The summed E-state index contributed by atoms with van der Waals surface area (Å²) >= 11 is 1.83. The van der Waals surface area contributed by atoms with E-state index in [0.717, 1.165) is 11.0 Å². The van der Waals surface area contributed by atoms with Gasteiger partial charge in [0.15, 0.2) is 0 Å². The molecule has 0 amide bonds. The lowest BCUT2D eigenvalue weighted by Crippen LogP contribution is -1.93. The number of benzene rings is 3. The molecule has 6 aromatic rings. The highest BCUT2D eigenvalue weighted by atomic mass is 32.1. The molecular formula is C25H16N2S. The largest absolute Gasteiger partial charge is 0.299 e. The Bertz CT molecular complexity index is 1460. The van der Waals surface area contributed by atoms with E-state index in [2.05, 4.69) is 89.5 Å². The van der Waals surface area contributed by atoms with Crippen molar-refractivity contribution in [2.24, 2.45) is 0 Å². The van der Waals surface area contributed by atoms with Crippen LogP contribution in [0.25, 0.3) is 48.2 Å². The van der Waals surface area contributed by atoms with Crippen LogP contribution in [-0.2, 0) is 0 Å². The fraction of sp³-hybridized carbons (Fsp3) is 0. The molecule has 3 aromatic heterocycles. The fourth-order valence-electron chi connectivity index (χ4n) is 4.01. The Kier molecular flexibility index (Phi) is 3.37. The van der Waals surface area contributed by atoms with E-state index in [1.54, 1.807) is 0 Å². The Labute approximate surface area is 166 Å². The lowest BCUT2D eigenvalue weighted by atomic mass is 10.1. The quantitative estimate of drug-likeness (QED) is 0.316. The molecule has 3 heterocycles. The van der Waals surface area contributed by atoms with Crippen molar-refractivity contribution in [1.82, 2.24) is 9.55 Å². The topological polar surface area (TPSA) is 17.8 Å². The third-order valence-corrected chi connectivity index (χ3v) is 6.41. The van der Waals surface area contributed by atoms with Gasteiger partial charge in [-0.15, -0.1) is 11.3 Å². The van der Waals surface area contributed by atoms with Gasteiger partial charge in [-0.2, -0.15) is 0 Å². The predicted octanol–water partition coefficient (Wildman–Crippen LogP) is 7.06. The van der Waals surface area contributed by atoms with Gasteiger partial charge in [-0.1, -0.05) is 60.7 Å². The summed E-state index contributed by atoms with van der Waals surface area (Å²) in [5.41, 5.74) is 5.84. The Morgan fingerprint density at radius 1 is 0.714 bits per heavy atom. The van der Waals surface area contributed by atoms with Crippen molar-refractivity contribution in [3.8, 4) is 16.8 Å². The van der Waals surface area contributed by atoms with Crippen LogP contribution in [0.15, 0.2) is 97.2 Å². The third kappa shape index (κ3) is 2.23. The van der Waals surface area contributed by atoms with Crippen LogP contribution in [0.2, 0.25) is 0 Å². The maximum Gasteiger partial charge on any atom is 0.111 e. The van der Waals surface area contributed by atoms with Crippen molar-refractivity contribution in [1.29, 1.82) is 0 Å². The summed E-state index contributed by atoms with van der Waals surface area (Å²) in [6.07, 6.45) is 1.89. The van der Waals surface area contributed by atoms with Gasteiger partial charge in [-0.25, -0.2) is 0 Å². The first-order chi connectivity index (χ1) is 13.9. The van der Waals surface area contributed by atoms with E-state index in [1.807, 2.05) is 23.6 Å². The Hall–Kier alpha value is -3.43. The van der Waals surface area contributed by atoms with E-state index in [9.17, 15) is 0 Å². The second kappa shape index (κ2) is 6.04. The predicted molar refractivity (Wildman–Crippen MR) is 119 cm³/mol. The van der Waals surface area contributed by atoms with Crippen LogP contribution in [0.1, 0.15) is 0 Å². The van der Waals surface area contributed by atoms with Gasteiger partial charge in [0, 0.05) is 27.4 Å². The van der Waals surface area contributed by atoms with E-state index >= 15 is 0 Å². The molecule has 3 heteroatoms. The molecule has 3 aromatic carbocycles. The monoisotopic (exact) mass is 376 g/mol. The number of fused-ring (bicyclic) bond motifs is 5. The first kappa shape index (κ1) is 15.6. The molecule has 132 valence electrons. The summed E-state index contributed by atoms with van der Waals surface area (Å²) in [6, 6.07) is 32.1. The second-order valence-corrected chi connectivity index (χ2v) is 7.93. The molecule has 0 saturated carbocycles. The minimum Gasteiger partial charge on any atom is -0.299 e. The molecule has 0 atom stereocenters. The average molecular weight is 376 g/mol. The smallest absolute Gasteiger partial charge is 0.111 e. The normalized spacial score (nSPS) is 11.6. The first-order valence-electron chi connectivity index (χ1n) is 9.33. The van der Waals surface area contributed by atoms with Crippen LogP contribution in [0.3, 0.4) is 0 Å². The van der Waals surface area contributed by atoms with Gasteiger partial charge in [-0.05, 0) is 41.5 Å². The molecule has 0 unspecified atom stereocenters.